The highest BCUT2D eigenvalue weighted by molar-refractivity contribution is 9.10. The van der Waals surface area contributed by atoms with E-state index in [0.29, 0.717) is 16.9 Å². The SMILES string of the molecule is O=C(Nc1ccc(Br)cc1)c1ccc(NC2=C(Cl)C(=O)N(C3CCCCC3)C2=O)cc1. The molecular weight excluding hydrogens is 482 g/mol. The van der Waals surface area contributed by atoms with Gasteiger partial charge in [0.2, 0.25) is 0 Å². The van der Waals surface area contributed by atoms with Crippen molar-refractivity contribution in [3.8, 4) is 0 Å². The van der Waals surface area contributed by atoms with E-state index in [-0.39, 0.29) is 28.6 Å². The molecule has 0 unspecified atom stereocenters. The first-order valence-corrected chi connectivity index (χ1v) is 11.3. The summed E-state index contributed by atoms with van der Waals surface area (Å²) in [4.78, 5) is 39.2. The minimum absolute atomic E-state index is 0.0873. The highest BCUT2D eigenvalue weighted by Gasteiger charge is 2.42. The number of anilines is 2. The molecule has 0 saturated heterocycles. The molecule has 2 N–H and O–H groups in total. The van der Waals surface area contributed by atoms with Crippen LogP contribution in [0.5, 0.6) is 0 Å². The second kappa shape index (κ2) is 9.24. The molecule has 1 aliphatic heterocycles. The van der Waals surface area contributed by atoms with E-state index in [9.17, 15) is 14.4 Å². The van der Waals surface area contributed by atoms with E-state index in [1.54, 1.807) is 36.4 Å². The van der Waals surface area contributed by atoms with Crippen molar-refractivity contribution in [2.75, 3.05) is 10.6 Å². The number of carbonyl (C=O) groups excluding carboxylic acids is 3. The summed E-state index contributed by atoms with van der Waals surface area (Å²) in [6.45, 7) is 0. The third-order valence-corrected chi connectivity index (χ3v) is 6.40. The van der Waals surface area contributed by atoms with Crippen LogP contribution in [0.2, 0.25) is 0 Å². The minimum Gasteiger partial charge on any atom is -0.350 e. The second-order valence-electron chi connectivity index (χ2n) is 7.62. The fraction of sp³-hybridized carbons (Fsp3) is 0.261. The van der Waals surface area contributed by atoms with Crippen molar-refractivity contribution < 1.29 is 14.4 Å². The molecule has 2 aliphatic rings. The number of carbonyl (C=O) groups is 3. The van der Waals surface area contributed by atoms with Gasteiger partial charge in [-0.05, 0) is 61.4 Å². The molecule has 8 heteroatoms. The van der Waals surface area contributed by atoms with Crippen molar-refractivity contribution in [1.82, 2.24) is 4.90 Å². The molecule has 2 aromatic carbocycles. The van der Waals surface area contributed by atoms with Crippen molar-refractivity contribution >= 4 is 56.6 Å². The number of amides is 3. The second-order valence-corrected chi connectivity index (χ2v) is 8.92. The van der Waals surface area contributed by atoms with Gasteiger partial charge in [0, 0.05) is 27.5 Å². The molecular formula is C23H21BrClN3O3. The molecule has 6 nitrogen and oxygen atoms in total. The molecule has 160 valence electrons. The van der Waals surface area contributed by atoms with Gasteiger partial charge in [0.25, 0.3) is 17.7 Å². The van der Waals surface area contributed by atoms with Gasteiger partial charge in [-0.2, -0.15) is 0 Å². The molecule has 1 fully saturated rings. The zero-order chi connectivity index (χ0) is 22.0. The molecule has 0 spiro atoms. The van der Waals surface area contributed by atoms with Crippen molar-refractivity contribution in [2.45, 2.75) is 38.1 Å². The Morgan fingerprint density at radius 2 is 1.52 bits per heavy atom. The quantitative estimate of drug-likeness (QED) is 0.546. The average molecular weight is 503 g/mol. The summed E-state index contributed by atoms with van der Waals surface area (Å²) in [5.41, 5.74) is 1.81. The van der Waals surface area contributed by atoms with Gasteiger partial charge in [-0.15, -0.1) is 0 Å². The first kappa shape index (κ1) is 21.6. The van der Waals surface area contributed by atoms with Crippen LogP contribution < -0.4 is 10.6 Å². The van der Waals surface area contributed by atoms with Crippen LogP contribution in [0.1, 0.15) is 42.5 Å². The number of hydrogen-bond acceptors (Lipinski definition) is 4. The maximum atomic E-state index is 12.9. The number of halogens is 2. The number of benzene rings is 2. The maximum Gasteiger partial charge on any atom is 0.279 e. The minimum atomic E-state index is -0.438. The molecule has 1 saturated carbocycles. The molecule has 0 radical (unpaired) electrons. The summed E-state index contributed by atoms with van der Waals surface area (Å²) < 4.78 is 0.927. The fourth-order valence-corrected chi connectivity index (χ4v) is 4.37. The molecule has 2 aromatic rings. The summed E-state index contributed by atoms with van der Waals surface area (Å²) in [5.74, 6) is -1.08. The maximum absolute atomic E-state index is 12.9. The van der Waals surface area contributed by atoms with Gasteiger partial charge in [-0.1, -0.05) is 46.8 Å². The predicted octanol–water partition coefficient (Wildman–Crippen LogP) is 5.27. The van der Waals surface area contributed by atoms with Crippen molar-refractivity contribution in [3.05, 3.63) is 69.3 Å². The van der Waals surface area contributed by atoms with Gasteiger partial charge in [-0.3, -0.25) is 19.3 Å². The lowest BCUT2D eigenvalue weighted by molar-refractivity contribution is -0.140. The number of nitrogens with zero attached hydrogens (tertiary/aromatic N) is 1. The molecule has 4 rings (SSSR count). The van der Waals surface area contributed by atoms with E-state index in [0.717, 1.165) is 36.6 Å². The lowest BCUT2D eigenvalue weighted by Crippen LogP contribution is -2.42. The fourth-order valence-electron chi connectivity index (χ4n) is 3.88. The van der Waals surface area contributed by atoms with Crippen molar-refractivity contribution in [3.63, 3.8) is 0 Å². The number of rotatable bonds is 5. The van der Waals surface area contributed by atoms with E-state index in [2.05, 4.69) is 26.6 Å². The molecule has 1 aliphatic carbocycles. The predicted molar refractivity (Wildman–Crippen MR) is 124 cm³/mol. The van der Waals surface area contributed by atoms with Crippen molar-refractivity contribution in [2.24, 2.45) is 0 Å². The van der Waals surface area contributed by atoms with Crippen LogP contribution in [0, 0.1) is 0 Å². The first-order chi connectivity index (χ1) is 14.9. The molecule has 1 heterocycles. The monoisotopic (exact) mass is 501 g/mol. The Bertz CT molecular complexity index is 1040. The normalized spacial score (nSPS) is 17.3. The van der Waals surface area contributed by atoms with Gasteiger partial charge in [0.05, 0.1) is 0 Å². The van der Waals surface area contributed by atoms with Crippen LogP contribution in [-0.4, -0.2) is 28.7 Å². The van der Waals surface area contributed by atoms with Crippen LogP contribution in [-0.2, 0) is 9.59 Å². The van der Waals surface area contributed by atoms with Gasteiger partial charge in [0.1, 0.15) is 10.7 Å². The lowest BCUT2D eigenvalue weighted by atomic mass is 9.94. The van der Waals surface area contributed by atoms with Crippen LogP contribution >= 0.6 is 27.5 Å². The van der Waals surface area contributed by atoms with Crippen LogP contribution in [0.3, 0.4) is 0 Å². The lowest BCUT2D eigenvalue weighted by Gasteiger charge is -2.29. The van der Waals surface area contributed by atoms with Crippen LogP contribution in [0.25, 0.3) is 0 Å². The summed E-state index contributed by atoms with van der Waals surface area (Å²) in [6, 6.07) is 13.8. The first-order valence-electron chi connectivity index (χ1n) is 10.2. The number of imide groups is 1. The zero-order valence-electron chi connectivity index (χ0n) is 16.7. The Hall–Kier alpha value is -2.64. The molecule has 0 bridgehead atoms. The number of hydrogen-bond donors (Lipinski definition) is 2. The Kier molecular flexibility index (Phi) is 6.43. The average Bonchev–Trinajstić information content (AvgIpc) is 2.99. The van der Waals surface area contributed by atoms with Gasteiger partial charge < -0.3 is 10.6 Å². The van der Waals surface area contributed by atoms with Gasteiger partial charge in [0.15, 0.2) is 0 Å². The van der Waals surface area contributed by atoms with E-state index < -0.39 is 5.91 Å². The van der Waals surface area contributed by atoms with E-state index >= 15 is 0 Å². The summed E-state index contributed by atoms with van der Waals surface area (Å²) in [7, 11) is 0. The third-order valence-electron chi connectivity index (χ3n) is 5.52. The Balaban J connectivity index is 1.43. The van der Waals surface area contributed by atoms with Gasteiger partial charge in [-0.25, -0.2) is 0 Å². The molecule has 0 aromatic heterocycles. The zero-order valence-corrected chi connectivity index (χ0v) is 19.0. The molecule has 3 amide bonds. The standard InChI is InChI=1S/C23H21BrClN3O3/c24-15-8-12-17(13-9-15)27-21(29)14-6-10-16(11-7-14)26-20-19(25)22(30)28(23(20)31)18-4-2-1-3-5-18/h6-13,18,26H,1-5H2,(H,27,29). The summed E-state index contributed by atoms with van der Waals surface area (Å²) in [6.07, 6.45) is 4.77. The molecule has 0 atom stereocenters. The van der Waals surface area contributed by atoms with E-state index in [4.69, 9.17) is 11.6 Å². The van der Waals surface area contributed by atoms with Crippen LogP contribution in [0.15, 0.2) is 63.7 Å². The highest BCUT2D eigenvalue weighted by Crippen LogP contribution is 2.32. The van der Waals surface area contributed by atoms with E-state index in [1.807, 2.05) is 12.1 Å². The van der Waals surface area contributed by atoms with Crippen molar-refractivity contribution in [1.29, 1.82) is 0 Å². The Labute approximate surface area is 193 Å². The Morgan fingerprint density at radius 1 is 0.903 bits per heavy atom. The smallest absolute Gasteiger partial charge is 0.279 e. The largest absolute Gasteiger partial charge is 0.350 e. The molecule has 31 heavy (non-hydrogen) atoms. The highest BCUT2D eigenvalue weighted by atomic mass is 79.9. The number of nitrogens with one attached hydrogen (secondary N) is 2. The van der Waals surface area contributed by atoms with Gasteiger partial charge >= 0.3 is 0 Å². The topological polar surface area (TPSA) is 78.5 Å². The summed E-state index contributed by atoms with van der Waals surface area (Å²) in [5, 5.41) is 5.69. The Morgan fingerprint density at radius 3 is 2.16 bits per heavy atom. The van der Waals surface area contributed by atoms with Crippen LogP contribution in [0.4, 0.5) is 11.4 Å². The summed E-state index contributed by atoms with van der Waals surface area (Å²) >= 11 is 9.57. The third kappa shape index (κ3) is 4.67. The van der Waals surface area contributed by atoms with E-state index in [1.165, 1.54) is 4.90 Å².